The predicted octanol–water partition coefficient (Wildman–Crippen LogP) is 4.88. The number of carbonyl (C=O) groups is 2. The summed E-state index contributed by atoms with van der Waals surface area (Å²) in [5.74, 6) is 0.244. The van der Waals surface area contributed by atoms with Gasteiger partial charge in [-0.05, 0) is 43.0 Å². The number of hydrogen-bond donors (Lipinski definition) is 4. The van der Waals surface area contributed by atoms with E-state index in [1.807, 2.05) is 24.3 Å². The average molecular weight is 409 g/mol. The summed E-state index contributed by atoms with van der Waals surface area (Å²) in [5.41, 5.74) is 7.81. The number of anilines is 2. The molecule has 1 aliphatic rings. The normalized spacial score (nSPS) is 15.4. The maximum absolute atomic E-state index is 12.5. The van der Waals surface area contributed by atoms with Crippen molar-refractivity contribution in [2.75, 3.05) is 10.6 Å². The van der Waals surface area contributed by atoms with Crippen LogP contribution in [0.25, 0.3) is 0 Å². The summed E-state index contributed by atoms with van der Waals surface area (Å²) in [7, 11) is 0. The van der Waals surface area contributed by atoms with Crippen LogP contribution in [0.15, 0.2) is 48.5 Å². The maximum Gasteiger partial charge on any atom is 0.323 e. The minimum atomic E-state index is -0.581. The number of nitrogens with two attached hydrogens (primary N) is 1. The maximum atomic E-state index is 12.5. The van der Waals surface area contributed by atoms with E-state index >= 15 is 0 Å². The van der Waals surface area contributed by atoms with Crippen molar-refractivity contribution in [3.63, 3.8) is 0 Å². The monoisotopic (exact) mass is 408 g/mol. The van der Waals surface area contributed by atoms with Gasteiger partial charge in [-0.3, -0.25) is 4.79 Å². The van der Waals surface area contributed by atoms with Gasteiger partial charge in [0.05, 0.1) is 11.3 Å². The highest BCUT2D eigenvalue weighted by Crippen LogP contribution is 2.27. The van der Waals surface area contributed by atoms with Gasteiger partial charge in [-0.15, -0.1) is 0 Å². The molecule has 0 radical (unpaired) electrons. The molecule has 1 fully saturated rings. The third-order valence-electron chi connectivity index (χ3n) is 5.76. The first-order valence-electron chi connectivity index (χ1n) is 10.8. The summed E-state index contributed by atoms with van der Waals surface area (Å²) in [6, 6.07) is 14.4. The lowest BCUT2D eigenvalue weighted by atomic mass is 9.85. The highest BCUT2D eigenvalue weighted by Gasteiger charge is 2.17. The Hall–Kier alpha value is -2.86. The largest absolute Gasteiger partial charge is 0.366 e. The summed E-state index contributed by atoms with van der Waals surface area (Å²) in [6.45, 7) is 2.92. The number of nitrogens with one attached hydrogen (secondary N) is 3. The number of hydrogen-bond acceptors (Lipinski definition) is 3. The lowest BCUT2D eigenvalue weighted by Gasteiger charge is -2.25. The Labute approximate surface area is 178 Å². The topological polar surface area (TPSA) is 96.2 Å². The molecule has 3 rings (SSSR count). The van der Waals surface area contributed by atoms with Gasteiger partial charge in [-0.2, -0.15) is 0 Å². The highest BCUT2D eigenvalue weighted by atomic mass is 16.2. The van der Waals surface area contributed by atoms with Crippen molar-refractivity contribution in [3.05, 3.63) is 59.7 Å². The smallest absolute Gasteiger partial charge is 0.323 e. The van der Waals surface area contributed by atoms with Crippen LogP contribution in [0.1, 0.15) is 61.4 Å². The molecule has 6 heteroatoms. The first kappa shape index (κ1) is 21.8. The first-order valence-corrected chi connectivity index (χ1v) is 10.8. The molecule has 6 nitrogen and oxygen atoms in total. The van der Waals surface area contributed by atoms with Gasteiger partial charge in [0.15, 0.2) is 0 Å². The zero-order valence-corrected chi connectivity index (χ0v) is 17.6. The van der Waals surface area contributed by atoms with E-state index in [0.717, 1.165) is 17.2 Å². The summed E-state index contributed by atoms with van der Waals surface area (Å²) >= 11 is 0. The molecular weight excluding hydrogens is 376 g/mol. The molecule has 1 saturated carbocycles. The molecule has 1 atom stereocenters. The Bertz CT molecular complexity index is 862. The van der Waals surface area contributed by atoms with Crippen LogP contribution in [-0.2, 0) is 6.54 Å². The van der Waals surface area contributed by atoms with E-state index in [-0.39, 0.29) is 5.56 Å². The highest BCUT2D eigenvalue weighted by molar-refractivity contribution is 6.06. The van der Waals surface area contributed by atoms with Crippen LogP contribution in [0.2, 0.25) is 0 Å². The fourth-order valence-corrected chi connectivity index (χ4v) is 4.17. The fourth-order valence-electron chi connectivity index (χ4n) is 4.17. The van der Waals surface area contributed by atoms with Crippen molar-refractivity contribution in [2.24, 2.45) is 11.7 Å². The molecule has 0 bridgehead atoms. The van der Waals surface area contributed by atoms with Crippen LogP contribution in [0.3, 0.4) is 0 Å². The molecule has 0 unspecified atom stereocenters. The van der Waals surface area contributed by atoms with E-state index in [1.165, 1.54) is 38.5 Å². The van der Waals surface area contributed by atoms with Crippen LogP contribution in [0.5, 0.6) is 0 Å². The summed E-state index contributed by atoms with van der Waals surface area (Å²) < 4.78 is 0. The minimum Gasteiger partial charge on any atom is -0.366 e. The van der Waals surface area contributed by atoms with E-state index in [4.69, 9.17) is 5.73 Å². The minimum absolute atomic E-state index is 0.277. The lowest BCUT2D eigenvalue weighted by molar-refractivity contribution is 0.100. The quantitative estimate of drug-likeness (QED) is 0.501. The lowest BCUT2D eigenvalue weighted by Crippen LogP contribution is -2.29. The van der Waals surface area contributed by atoms with Gasteiger partial charge in [0.1, 0.15) is 0 Å². The van der Waals surface area contributed by atoms with Gasteiger partial charge in [-0.1, -0.05) is 62.4 Å². The fraction of sp³-hybridized carbons (Fsp3) is 0.417. The van der Waals surface area contributed by atoms with Gasteiger partial charge >= 0.3 is 6.03 Å². The molecule has 0 saturated heterocycles. The molecule has 0 aliphatic heterocycles. The van der Waals surface area contributed by atoms with Gasteiger partial charge in [-0.25, -0.2) is 4.79 Å². The molecule has 2 aromatic carbocycles. The van der Waals surface area contributed by atoms with Gasteiger partial charge in [0, 0.05) is 18.3 Å². The van der Waals surface area contributed by atoms with Crippen LogP contribution < -0.4 is 21.7 Å². The molecule has 160 valence electrons. The Morgan fingerprint density at radius 3 is 2.33 bits per heavy atom. The van der Waals surface area contributed by atoms with Crippen LogP contribution in [-0.4, -0.2) is 18.0 Å². The molecule has 2 aromatic rings. The van der Waals surface area contributed by atoms with Crippen molar-refractivity contribution in [1.29, 1.82) is 0 Å². The van der Waals surface area contributed by atoms with E-state index in [0.29, 0.717) is 18.3 Å². The number of primary amides is 1. The van der Waals surface area contributed by atoms with Gasteiger partial charge < -0.3 is 21.7 Å². The Kier molecular flexibility index (Phi) is 7.85. The molecule has 30 heavy (non-hydrogen) atoms. The SMILES string of the molecule is C[C@@H](CC1CCCCC1)NCc1ccccc1NC(=O)Nc1ccccc1C(N)=O. The second-order valence-corrected chi connectivity index (χ2v) is 8.17. The van der Waals surface area contributed by atoms with Gasteiger partial charge in [0.25, 0.3) is 5.91 Å². The number of benzene rings is 2. The van der Waals surface area contributed by atoms with Crippen molar-refractivity contribution in [2.45, 2.75) is 58.0 Å². The number of para-hydroxylation sites is 2. The number of carbonyl (C=O) groups excluding carboxylic acids is 2. The zero-order chi connectivity index (χ0) is 21.3. The second-order valence-electron chi connectivity index (χ2n) is 8.17. The molecule has 3 amide bonds. The number of rotatable bonds is 8. The second kappa shape index (κ2) is 10.8. The number of urea groups is 1. The van der Waals surface area contributed by atoms with Gasteiger partial charge in [0.2, 0.25) is 0 Å². The third-order valence-corrected chi connectivity index (χ3v) is 5.76. The van der Waals surface area contributed by atoms with Crippen molar-refractivity contribution >= 4 is 23.3 Å². The van der Waals surface area contributed by atoms with Crippen molar-refractivity contribution in [3.8, 4) is 0 Å². The summed E-state index contributed by atoms with van der Waals surface area (Å²) in [5, 5.41) is 9.20. The molecule has 1 aliphatic carbocycles. The van der Waals surface area contributed by atoms with Crippen LogP contribution in [0.4, 0.5) is 16.2 Å². The Morgan fingerprint density at radius 2 is 1.60 bits per heavy atom. The zero-order valence-electron chi connectivity index (χ0n) is 17.6. The van der Waals surface area contributed by atoms with Crippen molar-refractivity contribution in [1.82, 2.24) is 5.32 Å². The number of amides is 3. The third kappa shape index (κ3) is 6.32. The molecule has 0 aromatic heterocycles. The summed E-state index contributed by atoms with van der Waals surface area (Å²) in [6.07, 6.45) is 7.98. The average Bonchev–Trinajstić information content (AvgIpc) is 2.74. The molecule has 0 spiro atoms. The first-order chi connectivity index (χ1) is 14.5. The summed E-state index contributed by atoms with van der Waals surface area (Å²) in [4.78, 5) is 24.1. The van der Waals surface area contributed by atoms with Crippen LogP contribution in [0, 0.1) is 5.92 Å². The molecule has 0 heterocycles. The van der Waals surface area contributed by atoms with E-state index < -0.39 is 11.9 Å². The predicted molar refractivity (Wildman–Crippen MR) is 122 cm³/mol. The Morgan fingerprint density at radius 1 is 0.967 bits per heavy atom. The molecular formula is C24H32N4O2. The Balaban J connectivity index is 1.57. The molecule has 5 N–H and O–H groups in total. The van der Waals surface area contributed by atoms with Crippen molar-refractivity contribution < 1.29 is 9.59 Å². The standard InChI is InChI=1S/C24H32N4O2/c1-17(15-18-9-3-2-4-10-18)26-16-19-11-5-7-13-21(19)27-24(30)28-22-14-8-6-12-20(22)23(25)29/h5-8,11-14,17-18,26H,2-4,9-10,15-16H2,1H3,(H2,25,29)(H2,27,28,30)/t17-/m0/s1. The van der Waals surface area contributed by atoms with E-state index in [9.17, 15) is 9.59 Å². The van der Waals surface area contributed by atoms with E-state index in [2.05, 4.69) is 22.9 Å². The van der Waals surface area contributed by atoms with Crippen LogP contribution >= 0.6 is 0 Å². The van der Waals surface area contributed by atoms with E-state index in [1.54, 1.807) is 24.3 Å².